The molecule has 1 N–H and O–H groups in total. The van der Waals surface area contributed by atoms with Gasteiger partial charge >= 0.3 is 5.97 Å². The lowest BCUT2D eigenvalue weighted by molar-refractivity contribution is -0.146. The summed E-state index contributed by atoms with van der Waals surface area (Å²) in [6.45, 7) is 2.50. The van der Waals surface area contributed by atoms with Crippen molar-refractivity contribution < 1.29 is 14.3 Å². The van der Waals surface area contributed by atoms with Crippen molar-refractivity contribution in [2.75, 3.05) is 19.8 Å². The predicted octanol–water partition coefficient (Wildman–Crippen LogP) is 1.17. The third-order valence-electron chi connectivity index (χ3n) is 2.37. The Balaban J connectivity index is 1.67. The third-order valence-corrected chi connectivity index (χ3v) is 3.22. The van der Waals surface area contributed by atoms with E-state index >= 15 is 0 Å². The Kier molecular flexibility index (Phi) is 4.33. The van der Waals surface area contributed by atoms with Crippen LogP contribution in [0.5, 0.6) is 0 Å². The molecule has 0 saturated carbocycles. The zero-order chi connectivity index (χ0) is 11.2. The van der Waals surface area contributed by atoms with E-state index in [9.17, 15) is 4.79 Å². The maximum Gasteiger partial charge on any atom is 0.307 e. The lowest BCUT2D eigenvalue weighted by atomic mass is 10.2. The van der Waals surface area contributed by atoms with Crippen molar-refractivity contribution in [2.45, 2.75) is 19.1 Å². The minimum Gasteiger partial charge on any atom is -0.460 e. The maximum atomic E-state index is 11.5. The second-order valence-corrected chi connectivity index (χ2v) is 4.70. The number of nitrogens with one attached hydrogen (secondary N) is 1. The molecule has 1 aliphatic heterocycles. The van der Waals surface area contributed by atoms with Crippen molar-refractivity contribution in [2.24, 2.45) is 0 Å². The van der Waals surface area contributed by atoms with Crippen LogP contribution in [0, 0.1) is 0 Å². The van der Waals surface area contributed by atoms with Gasteiger partial charge in [-0.25, -0.2) is 0 Å². The number of ether oxygens (including phenoxy) is 2. The summed E-state index contributed by atoms with van der Waals surface area (Å²) in [4.78, 5) is 12.6. The smallest absolute Gasteiger partial charge is 0.307 e. The highest BCUT2D eigenvalue weighted by atomic mass is 32.1. The van der Waals surface area contributed by atoms with E-state index in [4.69, 9.17) is 9.47 Å². The Labute approximate surface area is 98.6 Å². The molecule has 2 rings (SSSR count). The number of hydrogen-bond donors (Lipinski definition) is 1. The van der Waals surface area contributed by atoms with Crippen molar-refractivity contribution >= 4 is 17.3 Å². The SMILES string of the molecule is O=C(CC1COCCN1)OCc1cccs1. The molecule has 0 amide bonds. The minimum absolute atomic E-state index is 0.101. The van der Waals surface area contributed by atoms with Crippen molar-refractivity contribution in [3.8, 4) is 0 Å². The quantitative estimate of drug-likeness (QED) is 0.804. The van der Waals surface area contributed by atoms with Gasteiger partial charge in [0.1, 0.15) is 6.61 Å². The van der Waals surface area contributed by atoms with Gasteiger partial charge in [0, 0.05) is 17.5 Å². The topological polar surface area (TPSA) is 47.6 Å². The standard InChI is InChI=1S/C11H15NO3S/c13-11(6-9-7-14-4-3-12-9)15-8-10-2-1-5-16-10/h1-2,5,9,12H,3-4,6-8H2. The molecule has 1 unspecified atom stereocenters. The van der Waals surface area contributed by atoms with E-state index in [2.05, 4.69) is 5.32 Å². The van der Waals surface area contributed by atoms with Gasteiger partial charge in [0.2, 0.25) is 0 Å². The summed E-state index contributed by atoms with van der Waals surface area (Å²) < 4.78 is 10.4. The molecule has 5 heteroatoms. The fraction of sp³-hybridized carbons (Fsp3) is 0.545. The summed E-state index contributed by atoms with van der Waals surface area (Å²) >= 11 is 1.59. The normalized spacial score (nSPS) is 20.6. The van der Waals surface area contributed by atoms with Crippen LogP contribution in [0.4, 0.5) is 0 Å². The molecule has 4 nitrogen and oxygen atoms in total. The van der Waals surface area contributed by atoms with Crippen molar-refractivity contribution in [3.63, 3.8) is 0 Å². The molecule has 1 saturated heterocycles. The number of esters is 1. The first kappa shape index (κ1) is 11.6. The van der Waals surface area contributed by atoms with Crippen LogP contribution < -0.4 is 5.32 Å². The highest BCUT2D eigenvalue weighted by Crippen LogP contribution is 2.10. The summed E-state index contributed by atoms with van der Waals surface area (Å²) in [6.07, 6.45) is 0.380. The van der Waals surface area contributed by atoms with E-state index in [1.807, 2.05) is 17.5 Å². The Morgan fingerprint density at radius 3 is 3.31 bits per heavy atom. The van der Waals surface area contributed by atoms with Gasteiger partial charge in [0.15, 0.2) is 0 Å². The predicted molar refractivity (Wildman–Crippen MR) is 61.3 cm³/mol. The van der Waals surface area contributed by atoms with Gasteiger partial charge in [0.25, 0.3) is 0 Å². The van der Waals surface area contributed by atoms with Crippen LogP contribution in [-0.2, 0) is 20.9 Å². The number of thiophene rings is 1. The van der Waals surface area contributed by atoms with Crippen molar-refractivity contribution in [1.29, 1.82) is 0 Å². The van der Waals surface area contributed by atoms with Gasteiger partial charge in [-0.2, -0.15) is 0 Å². The zero-order valence-electron chi connectivity index (χ0n) is 8.98. The van der Waals surface area contributed by atoms with E-state index < -0.39 is 0 Å². The molecular weight excluding hydrogens is 226 g/mol. The van der Waals surface area contributed by atoms with Crippen LogP contribution in [-0.4, -0.2) is 31.8 Å². The summed E-state index contributed by atoms with van der Waals surface area (Å²) in [7, 11) is 0. The molecule has 0 aliphatic carbocycles. The van der Waals surface area contributed by atoms with Gasteiger partial charge < -0.3 is 14.8 Å². The minimum atomic E-state index is -0.170. The lowest BCUT2D eigenvalue weighted by Gasteiger charge is -2.22. The number of carbonyl (C=O) groups excluding carboxylic acids is 1. The number of hydrogen-bond acceptors (Lipinski definition) is 5. The molecule has 88 valence electrons. The van der Waals surface area contributed by atoms with Gasteiger partial charge in [-0.1, -0.05) is 6.07 Å². The van der Waals surface area contributed by atoms with Crippen LogP contribution >= 0.6 is 11.3 Å². The molecule has 1 atom stereocenters. The Morgan fingerprint density at radius 1 is 1.69 bits per heavy atom. The van der Waals surface area contributed by atoms with E-state index in [1.54, 1.807) is 11.3 Å². The van der Waals surface area contributed by atoms with Crippen LogP contribution in [0.15, 0.2) is 17.5 Å². The van der Waals surface area contributed by atoms with Crippen LogP contribution in [0.1, 0.15) is 11.3 Å². The molecule has 0 aromatic carbocycles. The van der Waals surface area contributed by atoms with Gasteiger partial charge in [0.05, 0.1) is 19.6 Å². The zero-order valence-corrected chi connectivity index (χ0v) is 9.79. The Hall–Kier alpha value is -0.910. The monoisotopic (exact) mass is 241 g/mol. The molecule has 2 heterocycles. The molecule has 1 fully saturated rings. The number of morpholine rings is 1. The summed E-state index contributed by atoms with van der Waals surface area (Å²) in [5, 5.41) is 5.19. The highest BCUT2D eigenvalue weighted by molar-refractivity contribution is 7.09. The van der Waals surface area contributed by atoms with Gasteiger partial charge in [-0.15, -0.1) is 11.3 Å². The van der Waals surface area contributed by atoms with Crippen LogP contribution in [0.3, 0.4) is 0 Å². The molecular formula is C11H15NO3S. The second-order valence-electron chi connectivity index (χ2n) is 3.67. The van der Waals surface area contributed by atoms with E-state index in [-0.39, 0.29) is 12.0 Å². The van der Waals surface area contributed by atoms with Crippen LogP contribution in [0.2, 0.25) is 0 Å². The lowest BCUT2D eigenvalue weighted by Crippen LogP contribution is -2.42. The number of rotatable bonds is 4. The van der Waals surface area contributed by atoms with E-state index in [1.165, 1.54) is 0 Å². The molecule has 1 aliphatic rings. The first-order valence-electron chi connectivity index (χ1n) is 5.34. The van der Waals surface area contributed by atoms with Crippen molar-refractivity contribution in [3.05, 3.63) is 22.4 Å². The largest absolute Gasteiger partial charge is 0.460 e. The van der Waals surface area contributed by atoms with E-state index in [0.717, 1.165) is 18.0 Å². The summed E-state index contributed by atoms with van der Waals surface area (Å²) in [6, 6.07) is 4.01. The van der Waals surface area contributed by atoms with Gasteiger partial charge in [-0.05, 0) is 11.4 Å². The molecule has 16 heavy (non-hydrogen) atoms. The average Bonchev–Trinajstić information content (AvgIpc) is 2.81. The Morgan fingerprint density at radius 2 is 2.62 bits per heavy atom. The molecule has 1 aromatic heterocycles. The third kappa shape index (κ3) is 3.59. The average molecular weight is 241 g/mol. The number of carbonyl (C=O) groups is 1. The summed E-state index contributed by atoms with van der Waals surface area (Å²) in [5.74, 6) is -0.170. The molecule has 0 bridgehead atoms. The van der Waals surface area contributed by atoms with Crippen LogP contribution in [0.25, 0.3) is 0 Å². The fourth-order valence-corrected chi connectivity index (χ4v) is 2.17. The first-order chi connectivity index (χ1) is 7.84. The van der Waals surface area contributed by atoms with Gasteiger partial charge in [-0.3, -0.25) is 4.79 Å². The molecule has 1 aromatic rings. The maximum absolute atomic E-state index is 11.5. The van der Waals surface area contributed by atoms with Crippen molar-refractivity contribution in [1.82, 2.24) is 5.32 Å². The summed E-state index contributed by atoms with van der Waals surface area (Å²) in [5.41, 5.74) is 0. The highest BCUT2D eigenvalue weighted by Gasteiger charge is 2.17. The molecule has 0 radical (unpaired) electrons. The van der Waals surface area contributed by atoms with E-state index in [0.29, 0.717) is 19.6 Å². The fourth-order valence-electron chi connectivity index (χ4n) is 1.56. The second kappa shape index (κ2) is 5.98. The Bertz CT molecular complexity index is 320. The first-order valence-corrected chi connectivity index (χ1v) is 6.21. The molecule has 0 spiro atoms.